The van der Waals surface area contributed by atoms with Gasteiger partial charge < -0.3 is 14.6 Å². The molecule has 0 aliphatic heterocycles. The number of methoxy groups -OCH3 is 1. The molecule has 0 radical (unpaired) electrons. The average Bonchev–Trinajstić information content (AvgIpc) is 2.62. The Morgan fingerprint density at radius 3 is 2.62 bits per heavy atom. The number of phenolic OH excluding ortho intramolecular Hbond substituents is 1. The molecule has 0 saturated carbocycles. The smallest absolute Gasteiger partial charge is 0.219 e. The SMILES string of the molecule is CCOc1ccc2cc3c4ccc(OC)cc4cc[n+]3cc2c1O. The predicted octanol–water partition coefficient (Wildman–Crippen LogP) is 3.84. The van der Waals surface area contributed by atoms with E-state index in [0.29, 0.717) is 12.4 Å². The van der Waals surface area contributed by atoms with Gasteiger partial charge in [0.05, 0.1) is 24.5 Å². The van der Waals surface area contributed by atoms with Crippen LogP contribution in [-0.2, 0) is 0 Å². The maximum Gasteiger partial charge on any atom is 0.219 e. The van der Waals surface area contributed by atoms with E-state index in [1.807, 2.05) is 54.0 Å². The highest BCUT2D eigenvalue weighted by molar-refractivity contribution is 5.99. The summed E-state index contributed by atoms with van der Waals surface area (Å²) in [6.07, 6.45) is 3.93. The van der Waals surface area contributed by atoms with Crippen LogP contribution in [-0.4, -0.2) is 18.8 Å². The first-order valence-electron chi connectivity index (χ1n) is 7.91. The van der Waals surface area contributed by atoms with Crippen LogP contribution in [0.5, 0.6) is 17.2 Å². The molecule has 2 heterocycles. The number of rotatable bonds is 3. The monoisotopic (exact) mass is 320 g/mol. The van der Waals surface area contributed by atoms with Gasteiger partial charge in [-0.3, -0.25) is 0 Å². The molecule has 0 aliphatic rings. The van der Waals surface area contributed by atoms with Crippen LogP contribution in [0.25, 0.3) is 27.1 Å². The van der Waals surface area contributed by atoms with Crippen molar-refractivity contribution >= 4 is 27.1 Å². The number of ether oxygens (including phenoxy) is 2. The van der Waals surface area contributed by atoms with Crippen LogP contribution in [0.3, 0.4) is 0 Å². The van der Waals surface area contributed by atoms with Crippen molar-refractivity contribution in [2.24, 2.45) is 0 Å². The van der Waals surface area contributed by atoms with Crippen LogP contribution >= 0.6 is 0 Å². The Bertz CT molecular complexity index is 1070. The van der Waals surface area contributed by atoms with Gasteiger partial charge in [-0.1, -0.05) is 0 Å². The Labute approximate surface area is 139 Å². The molecular formula is C20H18NO3+. The Morgan fingerprint density at radius 2 is 1.83 bits per heavy atom. The summed E-state index contributed by atoms with van der Waals surface area (Å²) in [6.45, 7) is 2.42. The molecule has 1 N–H and O–H groups in total. The lowest BCUT2D eigenvalue weighted by molar-refractivity contribution is -0.509. The third-order valence-electron chi connectivity index (χ3n) is 4.30. The quantitative estimate of drug-likeness (QED) is 0.354. The van der Waals surface area contributed by atoms with Crippen molar-refractivity contribution in [1.82, 2.24) is 0 Å². The van der Waals surface area contributed by atoms with Crippen LogP contribution in [0.1, 0.15) is 6.92 Å². The van der Waals surface area contributed by atoms with E-state index in [4.69, 9.17) is 9.47 Å². The second-order valence-electron chi connectivity index (χ2n) is 5.68. The molecule has 0 amide bonds. The Hall–Kier alpha value is -3.01. The minimum Gasteiger partial charge on any atom is -0.504 e. The number of benzene rings is 2. The molecule has 2 aromatic carbocycles. The minimum atomic E-state index is 0.179. The number of hydrogen-bond acceptors (Lipinski definition) is 3. The largest absolute Gasteiger partial charge is 0.504 e. The molecule has 4 aromatic rings. The number of aromatic hydroxyl groups is 1. The fourth-order valence-electron chi connectivity index (χ4n) is 3.11. The lowest BCUT2D eigenvalue weighted by atomic mass is 10.1. The summed E-state index contributed by atoms with van der Waals surface area (Å²) in [6, 6.07) is 14.0. The molecule has 0 fully saturated rings. The maximum absolute atomic E-state index is 10.5. The summed E-state index contributed by atoms with van der Waals surface area (Å²) in [7, 11) is 1.67. The van der Waals surface area contributed by atoms with Gasteiger partial charge in [-0.25, -0.2) is 0 Å². The highest BCUT2D eigenvalue weighted by Crippen LogP contribution is 2.35. The van der Waals surface area contributed by atoms with E-state index in [1.165, 1.54) is 0 Å². The van der Waals surface area contributed by atoms with E-state index in [-0.39, 0.29) is 5.75 Å². The molecule has 0 unspecified atom stereocenters. The first kappa shape index (κ1) is 14.6. The summed E-state index contributed by atoms with van der Waals surface area (Å²) in [4.78, 5) is 0. The Kier molecular flexibility index (Phi) is 3.38. The van der Waals surface area contributed by atoms with Gasteiger partial charge in [-0.05, 0) is 48.0 Å². The number of fused-ring (bicyclic) bond motifs is 4. The first-order chi connectivity index (χ1) is 11.7. The Balaban J connectivity index is 2.03. The van der Waals surface area contributed by atoms with Crippen LogP contribution in [0.15, 0.2) is 54.9 Å². The van der Waals surface area contributed by atoms with Gasteiger partial charge in [-0.15, -0.1) is 0 Å². The molecule has 24 heavy (non-hydrogen) atoms. The van der Waals surface area contributed by atoms with Gasteiger partial charge in [0.25, 0.3) is 0 Å². The van der Waals surface area contributed by atoms with Crippen LogP contribution in [0.2, 0.25) is 0 Å². The molecule has 0 aliphatic carbocycles. The fourth-order valence-corrected chi connectivity index (χ4v) is 3.11. The lowest BCUT2D eigenvalue weighted by Gasteiger charge is -2.08. The van der Waals surface area contributed by atoms with Gasteiger partial charge >= 0.3 is 0 Å². The molecule has 4 rings (SSSR count). The van der Waals surface area contributed by atoms with Gasteiger partial charge in [0.15, 0.2) is 23.9 Å². The van der Waals surface area contributed by atoms with E-state index in [9.17, 15) is 5.11 Å². The molecule has 2 aromatic heterocycles. The summed E-state index contributed by atoms with van der Waals surface area (Å²) in [5, 5.41) is 14.5. The molecule has 0 spiro atoms. The van der Waals surface area contributed by atoms with Crippen molar-refractivity contribution < 1.29 is 19.0 Å². The summed E-state index contributed by atoms with van der Waals surface area (Å²) >= 11 is 0. The average molecular weight is 320 g/mol. The normalized spacial score (nSPS) is 11.2. The van der Waals surface area contributed by atoms with Crippen LogP contribution in [0, 0.1) is 0 Å². The molecule has 0 saturated heterocycles. The van der Waals surface area contributed by atoms with Gasteiger partial charge in [-0.2, -0.15) is 4.40 Å². The van der Waals surface area contributed by atoms with E-state index >= 15 is 0 Å². The standard InChI is InChI=1S/C20H17NO3/c1-3-24-19-7-4-13-11-18-16-6-5-15(23-2)10-14(16)8-9-21(18)12-17(13)20(19)22/h4-12H,3H2,1-2H3/p+1. The van der Waals surface area contributed by atoms with Crippen molar-refractivity contribution in [2.45, 2.75) is 6.92 Å². The summed E-state index contributed by atoms with van der Waals surface area (Å²) in [5.41, 5.74) is 1.08. The van der Waals surface area contributed by atoms with Gasteiger partial charge in [0.2, 0.25) is 5.52 Å². The van der Waals surface area contributed by atoms with Crippen molar-refractivity contribution in [3.05, 3.63) is 54.9 Å². The second kappa shape index (κ2) is 5.57. The topological polar surface area (TPSA) is 42.8 Å². The molecule has 4 nitrogen and oxygen atoms in total. The Morgan fingerprint density at radius 1 is 1.00 bits per heavy atom. The van der Waals surface area contributed by atoms with Gasteiger partial charge in [0, 0.05) is 12.1 Å². The fraction of sp³-hybridized carbons (Fsp3) is 0.150. The number of nitrogens with zero attached hydrogens (tertiary/aromatic N) is 1. The number of phenols is 1. The van der Waals surface area contributed by atoms with Crippen LogP contribution in [0.4, 0.5) is 0 Å². The maximum atomic E-state index is 10.5. The van der Waals surface area contributed by atoms with Crippen molar-refractivity contribution in [1.29, 1.82) is 0 Å². The predicted molar refractivity (Wildman–Crippen MR) is 94.0 cm³/mol. The molecular weight excluding hydrogens is 302 g/mol. The molecule has 4 heteroatoms. The van der Waals surface area contributed by atoms with E-state index < -0.39 is 0 Å². The lowest BCUT2D eigenvalue weighted by Crippen LogP contribution is -2.20. The highest BCUT2D eigenvalue weighted by Gasteiger charge is 2.15. The van der Waals surface area contributed by atoms with E-state index in [1.54, 1.807) is 7.11 Å². The zero-order chi connectivity index (χ0) is 16.7. The molecule has 120 valence electrons. The number of pyridine rings is 2. The van der Waals surface area contributed by atoms with Crippen LogP contribution < -0.4 is 13.9 Å². The van der Waals surface area contributed by atoms with E-state index in [2.05, 4.69) is 12.1 Å². The van der Waals surface area contributed by atoms with Crippen molar-refractivity contribution in [3.8, 4) is 17.2 Å². The zero-order valence-corrected chi connectivity index (χ0v) is 13.6. The number of hydrogen-bond donors (Lipinski definition) is 1. The highest BCUT2D eigenvalue weighted by atomic mass is 16.5. The minimum absolute atomic E-state index is 0.179. The van der Waals surface area contributed by atoms with Gasteiger partial charge in [0.1, 0.15) is 5.75 Å². The third kappa shape index (κ3) is 2.19. The zero-order valence-electron chi connectivity index (χ0n) is 13.6. The molecule has 0 atom stereocenters. The number of aromatic nitrogens is 1. The summed E-state index contributed by atoms with van der Waals surface area (Å²) in [5.74, 6) is 1.53. The third-order valence-corrected chi connectivity index (χ3v) is 4.30. The first-order valence-corrected chi connectivity index (χ1v) is 7.91. The van der Waals surface area contributed by atoms with Crippen molar-refractivity contribution in [2.75, 3.05) is 13.7 Å². The summed E-state index contributed by atoms with van der Waals surface area (Å²) < 4.78 is 12.8. The second-order valence-corrected chi connectivity index (χ2v) is 5.68. The van der Waals surface area contributed by atoms with E-state index in [0.717, 1.165) is 32.8 Å². The molecule has 0 bridgehead atoms. The van der Waals surface area contributed by atoms with Crippen molar-refractivity contribution in [3.63, 3.8) is 0 Å².